The highest BCUT2D eigenvalue weighted by atomic mass is 17.0. The van der Waals surface area contributed by atoms with Gasteiger partial charge >= 0.3 is 0 Å². The first-order valence-electron chi connectivity index (χ1n) is 3.51. The lowest BCUT2D eigenvalue weighted by atomic mass is 10.2. The fraction of sp³-hybridized carbons (Fsp3) is 1.00. The van der Waals surface area contributed by atoms with Crippen molar-refractivity contribution < 1.29 is 9.92 Å². The number of rotatable bonds is 5. The van der Waals surface area contributed by atoms with E-state index >= 15 is 0 Å². The summed E-state index contributed by atoms with van der Waals surface area (Å²) in [6.07, 6.45) is 2.18. The van der Waals surface area contributed by atoms with Crippen LogP contribution in [0.2, 0.25) is 0 Å². The van der Waals surface area contributed by atoms with Gasteiger partial charge in [0.25, 0.3) is 5.09 Å². The molecule has 0 aromatic heterocycles. The summed E-state index contributed by atoms with van der Waals surface area (Å²) in [5.41, 5.74) is 0. The van der Waals surface area contributed by atoms with Gasteiger partial charge in [-0.1, -0.05) is 20.3 Å². The molecule has 4 heteroatoms. The minimum atomic E-state index is -0.718. The molecule has 0 aromatic rings. The third-order valence-electron chi connectivity index (χ3n) is 1.30. The van der Waals surface area contributed by atoms with Crippen LogP contribution in [0, 0.1) is 10.1 Å². The predicted octanol–water partition coefficient (Wildman–Crippen LogP) is 1.77. The summed E-state index contributed by atoms with van der Waals surface area (Å²) in [5.74, 6) is 0. The Hall–Kier alpha value is -0.800. The summed E-state index contributed by atoms with van der Waals surface area (Å²) in [6.45, 7) is 3.86. The first kappa shape index (κ1) is 9.20. The Morgan fingerprint density at radius 3 is 2.50 bits per heavy atom. The van der Waals surface area contributed by atoms with Gasteiger partial charge in [0.05, 0.1) is 0 Å². The van der Waals surface area contributed by atoms with E-state index in [1.54, 1.807) is 0 Å². The quantitative estimate of drug-likeness (QED) is 0.440. The topological polar surface area (TPSA) is 52.4 Å². The van der Waals surface area contributed by atoms with Crippen LogP contribution in [0.1, 0.15) is 33.1 Å². The van der Waals surface area contributed by atoms with E-state index in [1.165, 1.54) is 0 Å². The lowest BCUT2D eigenvalue weighted by molar-refractivity contribution is -0.768. The zero-order chi connectivity index (χ0) is 7.98. The Labute approximate surface area is 60.3 Å². The minimum Gasteiger partial charge on any atom is -0.311 e. The van der Waals surface area contributed by atoms with Gasteiger partial charge in [0, 0.05) is 0 Å². The van der Waals surface area contributed by atoms with Gasteiger partial charge in [-0.3, -0.25) is 0 Å². The molecule has 0 saturated heterocycles. The second-order valence-corrected chi connectivity index (χ2v) is 2.15. The highest BCUT2D eigenvalue weighted by Gasteiger charge is 2.08. The van der Waals surface area contributed by atoms with E-state index in [0.717, 1.165) is 12.8 Å². The van der Waals surface area contributed by atoms with E-state index in [1.807, 2.05) is 13.8 Å². The van der Waals surface area contributed by atoms with Gasteiger partial charge in [-0.2, -0.15) is 0 Å². The molecule has 0 fully saturated rings. The van der Waals surface area contributed by atoms with E-state index < -0.39 is 5.09 Å². The SMILES string of the molecule is CCCC(CC)O[N+](=O)[O-]. The van der Waals surface area contributed by atoms with Gasteiger partial charge in [0.15, 0.2) is 0 Å². The van der Waals surface area contributed by atoms with Gasteiger partial charge in [-0.25, -0.2) is 0 Å². The van der Waals surface area contributed by atoms with Crippen LogP contribution in [0.15, 0.2) is 0 Å². The third kappa shape index (κ3) is 4.12. The Morgan fingerprint density at radius 1 is 1.60 bits per heavy atom. The molecule has 0 N–H and O–H groups in total. The molecule has 0 heterocycles. The molecule has 0 spiro atoms. The molecule has 0 rings (SSSR count). The normalized spacial score (nSPS) is 12.6. The summed E-state index contributed by atoms with van der Waals surface area (Å²) in [6, 6.07) is 0. The third-order valence-corrected chi connectivity index (χ3v) is 1.30. The second kappa shape index (κ2) is 5.02. The molecule has 0 saturated carbocycles. The molecule has 0 aliphatic rings. The van der Waals surface area contributed by atoms with Crippen LogP contribution in [0.5, 0.6) is 0 Å². The molecular formula is C6H13NO3. The van der Waals surface area contributed by atoms with Gasteiger partial charge in [-0.15, -0.1) is 10.1 Å². The Bertz CT molecular complexity index is 105. The van der Waals surface area contributed by atoms with Crippen LogP contribution in [-0.4, -0.2) is 11.2 Å². The van der Waals surface area contributed by atoms with Crippen molar-refractivity contribution >= 4 is 0 Å². The first-order valence-corrected chi connectivity index (χ1v) is 3.51. The monoisotopic (exact) mass is 147 g/mol. The van der Waals surface area contributed by atoms with Crippen molar-refractivity contribution in [3.05, 3.63) is 10.1 Å². The van der Waals surface area contributed by atoms with Crippen LogP contribution >= 0.6 is 0 Å². The summed E-state index contributed by atoms with van der Waals surface area (Å²) >= 11 is 0. The predicted molar refractivity (Wildman–Crippen MR) is 37.1 cm³/mol. The van der Waals surface area contributed by atoms with Crippen LogP contribution in [-0.2, 0) is 4.84 Å². The van der Waals surface area contributed by atoms with Crippen LogP contribution in [0.4, 0.5) is 0 Å². The Kier molecular flexibility index (Phi) is 4.62. The number of hydrogen-bond acceptors (Lipinski definition) is 3. The highest BCUT2D eigenvalue weighted by Crippen LogP contribution is 2.05. The molecule has 0 aliphatic heterocycles. The van der Waals surface area contributed by atoms with Crippen LogP contribution in [0.3, 0.4) is 0 Å². The molecule has 4 nitrogen and oxygen atoms in total. The summed E-state index contributed by atoms with van der Waals surface area (Å²) < 4.78 is 0. The zero-order valence-electron chi connectivity index (χ0n) is 6.37. The largest absolute Gasteiger partial charge is 0.311 e. The molecule has 60 valence electrons. The maximum atomic E-state index is 9.83. The molecule has 0 amide bonds. The maximum absolute atomic E-state index is 9.83. The van der Waals surface area contributed by atoms with Gasteiger partial charge < -0.3 is 4.84 Å². The standard InChI is InChI=1S/C6H13NO3/c1-3-5-6(4-2)10-7(8)9/h6H,3-5H2,1-2H3. The second-order valence-electron chi connectivity index (χ2n) is 2.15. The zero-order valence-corrected chi connectivity index (χ0v) is 6.37. The molecular weight excluding hydrogens is 134 g/mol. The summed E-state index contributed by atoms with van der Waals surface area (Å²) in [4.78, 5) is 14.2. The molecule has 0 radical (unpaired) electrons. The number of hydrogen-bond donors (Lipinski definition) is 0. The molecule has 10 heavy (non-hydrogen) atoms. The van der Waals surface area contributed by atoms with Crippen molar-refractivity contribution in [2.45, 2.75) is 39.2 Å². The molecule has 0 bridgehead atoms. The Morgan fingerprint density at radius 2 is 2.20 bits per heavy atom. The lowest BCUT2D eigenvalue weighted by Crippen LogP contribution is -2.15. The van der Waals surface area contributed by atoms with Crippen LogP contribution in [0.25, 0.3) is 0 Å². The molecule has 1 atom stereocenters. The van der Waals surface area contributed by atoms with Gasteiger partial charge in [0.1, 0.15) is 6.10 Å². The average Bonchev–Trinajstić information content (AvgIpc) is 1.86. The van der Waals surface area contributed by atoms with Crippen LogP contribution < -0.4 is 0 Å². The Balaban J connectivity index is 3.49. The highest BCUT2D eigenvalue weighted by molar-refractivity contribution is 4.49. The van der Waals surface area contributed by atoms with E-state index in [-0.39, 0.29) is 6.10 Å². The van der Waals surface area contributed by atoms with Crippen molar-refractivity contribution in [3.63, 3.8) is 0 Å². The molecule has 0 aliphatic carbocycles. The van der Waals surface area contributed by atoms with E-state index in [2.05, 4.69) is 4.84 Å². The van der Waals surface area contributed by atoms with Crippen molar-refractivity contribution in [2.24, 2.45) is 0 Å². The smallest absolute Gasteiger partial charge is 0.294 e. The van der Waals surface area contributed by atoms with Crippen molar-refractivity contribution in [1.29, 1.82) is 0 Å². The number of nitrogens with zero attached hydrogens (tertiary/aromatic N) is 1. The molecule has 0 aromatic carbocycles. The lowest BCUT2D eigenvalue weighted by Gasteiger charge is -2.09. The summed E-state index contributed by atoms with van der Waals surface area (Å²) in [7, 11) is 0. The van der Waals surface area contributed by atoms with E-state index in [0.29, 0.717) is 6.42 Å². The summed E-state index contributed by atoms with van der Waals surface area (Å²) in [5, 5.41) is 9.11. The van der Waals surface area contributed by atoms with Gasteiger partial charge in [-0.05, 0) is 12.8 Å². The van der Waals surface area contributed by atoms with E-state index in [9.17, 15) is 10.1 Å². The molecule has 1 unspecified atom stereocenters. The maximum Gasteiger partial charge on any atom is 0.294 e. The fourth-order valence-electron chi connectivity index (χ4n) is 0.775. The average molecular weight is 147 g/mol. The van der Waals surface area contributed by atoms with Crippen molar-refractivity contribution in [1.82, 2.24) is 0 Å². The van der Waals surface area contributed by atoms with E-state index in [4.69, 9.17) is 0 Å². The van der Waals surface area contributed by atoms with Crippen molar-refractivity contribution in [3.8, 4) is 0 Å². The fourth-order valence-corrected chi connectivity index (χ4v) is 0.775. The van der Waals surface area contributed by atoms with Crippen molar-refractivity contribution in [2.75, 3.05) is 0 Å². The van der Waals surface area contributed by atoms with Gasteiger partial charge in [0.2, 0.25) is 0 Å². The minimum absolute atomic E-state index is 0.208. The first-order chi connectivity index (χ1) is 4.70.